The first-order valence-electron chi connectivity index (χ1n) is 7.86. The summed E-state index contributed by atoms with van der Waals surface area (Å²) in [5.41, 5.74) is 1.13. The Morgan fingerprint density at radius 3 is 2.64 bits per heavy atom. The van der Waals surface area contributed by atoms with Crippen LogP contribution in [0, 0.1) is 5.82 Å². The molecule has 0 aromatic heterocycles. The van der Waals surface area contributed by atoms with Gasteiger partial charge in [-0.1, -0.05) is 12.1 Å². The maximum atomic E-state index is 13.0. The van der Waals surface area contributed by atoms with Crippen LogP contribution in [-0.4, -0.2) is 31.6 Å². The number of urea groups is 1. The molecule has 0 spiro atoms. The van der Waals surface area contributed by atoms with Crippen molar-refractivity contribution in [2.45, 2.75) is 12.5 Å². The second-order valence-corrected chi connectivity index (χ2v) is 5.61. The third-order valence-corrected chi connectivity index (χ3v) is 4.00. The lowest BCUT2D eigenvalue weighted by atomic mass is 10.2. The van der Waals surface area contributed by atoms with Crippen LogP contribution in [0.3, 0.4) is 0 Å². The van der Waals surface area contributed by atoms with Gasteiger partial charge in [0.1, 0.15) is 17.6 Å². The number of anilines is 2. The van der Waals surface area contributed by atoms with E-state index in [2.05, 4.69) is 10.6 Å². The molecule has 2 N–H and O–H groups in total. The molecule has 0 unspecified atom stereocenters. The lowest BCUT2D eigenvalue weighted by Crippen LogP contribution is -2.43. The van der Waals surface area contributed by atoms with Gasteiger partial charge in [-0.25, -0.2) is 9.18 Å². The number of hydrogen-bond acceptors (Lipinski definition) is 3. The number of para-hydroxylation sites is 2. The highest BCUT2D eigenvalue weighted by atomic mass is 19.1. The second kappa shape index (κ2) is 7.21. The molecule has 1 aliphatic heterocycles. The summed E-state index contributed by atoms with van der Waals surface area (Å²) in [6.45, 7) is 0.462. The van der Waals surface area contributed by atoms with Gasteiger partial charge in [-0.15, -0.1) is 0 Å². The number of methoxy groups -OCH3 is 1. The van der Waals surface area contributed by atoms with Gasteiger partial charge >= 0.3 is 6.03 Å². The van der Waals surface area contributed by atoms with Gasteiger partial charge < -0.3 is 20.3 Å². The summed E-state index contributed by atoms with van der Waals surface area (Å²) in [5, 5.41) is 5.34. The van der Waals surface area contributed by atoms with Crippen LogP contribution in [0.2, 0.25) is 0 Å². The van der Waals surface area contributed by atoms with Gasteiger partial charge in [-0.2, -0.15) is 0 Å². The predicted molar refractivity (Wildman–Crippen MR) is 92.3 cm³/mol. The van der Waals surface area contributed by atoms with Crippen molar-refractivity contribution >= 4 is 23.3 Å². The molecule has 2 aromatic carbocycles. The van der Waals surface area contributed by atoms with Gasteiger partial charge in [0, 0.05) is 12.2 Å². The first-order chi connectivity index (χ1) is 12.1. The first kappa shape index (κ1) is 16.8. The van der Waals surface area contributed by atoms with E-state index >= 15 is 0 Å². The fraction of sp³-hybridized carbons (Fsp3) is 0.222. The molecule has 3 amide bonds. The number of amides is 3. The zero-order valence-electron chi connectivity index (χ0n) is 13.7. The quantitative estimate of drug-likeness (QED) is 0.897. The first-order valence-corrected chi connectivity index (χ1v) is 7.86. The Balaban J connectivity index is 1.62. The molecule has 25 heavy (non-hydrogen) atoms. The lowest BCUT2D eigenvalue weighted by Gasteiger charge is -2.17. The van der Waals surface area contributed by atoms with E-state index in [1.54, 1.807) is 36.4 Å². The average Bonchev–Trinajstić information content (AvgIpc) is 2.97. The Bertz CT molecular complexity index is 779. The molecule has 130 valence electrons. The Labute approximate surface area is 144 Å². The Morgan fingerprint density at radius 2 is 1.92 bits per heavy atom. The monoisotopic (exact) mass is 343 g/mol. The minimum atomic E-state index is -0.625. The van der Waals surface area contributed by atoms with Gasteiger partial charge in [0.05, 0.1) is 12.8 Å². The molecule has 0 radical (unpaired) electrons. The molecule has 0 bridgehead atoms. The van der Waals surface area contributed by atoms with Crippen molar-refractivity contribution in [3.8, 4) is 5.75 Å². The summed E-state index contributed by atoms with van der Waals surface area (Å²) in [6.07, 6.45) is 0.482. The van der Waals surface area contributed by atoms with Crippen molar-refractivity contribution < 1.29 is 18.7 Å². The number of hydrogen-bond donors (Lipinski definition) is 2. The summed E-state index contributed by atoms with van der Waals surface area (Å²) in [4.78, 5) is 26.2. The second-order valence-electron chi connectivity index (χ2n) is 5.61. The van der Waals surface area contributed by atoms with Crippen molar-refractivity contribution in [3.63, 3.8) is 0 Å². The number of halogens is 1. The van der Waals surface area contributed by atoms with Crippen LogP contribution in [0.5, 0.6) is 5.75 Å². The van der Waals surface area contributed by atoms with Crippen molar-refractivity contribution in [1.29, 1.82) is 0 Å². The molecule has 1 saturated heterocycles. The minimum Gasteiger partial charge on any atom is -0.495 e. The normalized spacial score (nSPS) is 16.6. The third-order valence-electron chi connectivity index (χ3n) is 4.00. The van der Waals surface area contributed by atoms with Gasteiger partial charge in [0.15, 0.2) is 0 Å². The molecule has 7 heteroatoms. The SMILES string of the molecule is COc1ccccc1NC(=O)N[C@H]1CCN(c2ccc(F)cc2)C1=O. The van der Waals surface area contributed by atoms with Gasteiger partial charge in [-0.3, -0.25) is 4.79 Å². The van der Waals surface area contributed by atoms with Crippen LogP contribution in [0.1, 0.15) is 6.42 Å². The zero-order chi connectivity index (χ0) is 17.8. The molecule has 0 saturated carbocycles. The summed E-state index contributed by atoms with van der Waals surface area (Å²) in [7, 11) is 1.51. The van der Waals surface area contributed by atoms with Crippen molar-refractivity contribution in [1.82, 2.24) is 5.32 Å². The fourth-order valence-corrected chi connectivity index (χ4v) is 2.76. The number of carbonyl (C=O) groups excluding carboxylic acids is 2. The summed E-state index contributed by atoms with van der Waals surface area (Å²) < 4.78 is 18.2. The molecule has 1 atom stereocenters. The molecule has 1 heterocycles. The standard InChI is InChI=1S/C18H18FN3O3/c1-25-16-5-3-2-4-14(16)20-18(24)21-15-10-11-22(17(15)23)13-8-6-12(19)7-9-13/h2-9,15H,10-11H2,1H3,(H2,20,21,24)/t15-/m0/s1. The number of carbonyl (C=O) groups is 2. The number of nitrogens with one attached hydrogen (secondary N) is 2. The van der Waals surface area contributed by atoms with E-state index in [4.69, 9.17) is 4.74 Å². The highest BCUT2D eigenvalue weighted by molar-refractivity contribution is 6.02. The lowest BCUT2D eigenvalue weighted by molar-refractivity contribution is -0.118. The van der Waals surface area contributed by atoms with Crippen molar-refractivity contribution in [3.05, 3.63) is 54.3 Å². The molecular formula is C18H18FN3O3. The molecule has 6 nitrogen and oxygen atoms in total. The number of nitrogens with zero attached hydrogens (tertiary/aromatic N) is 1. The van der Waals surface area contributed by atoms with Crippen molar-refractivity contribution in [2.24, 2.45) is 0 Å². The average molecular weight is 343 g/mol. The van der Waals surface area contributed by atoms with E-state index in [1.165, 1.54) is 24.1 Å². The van der Waals surface area contributed by atoms with E-state index < -0.39 is 12.1 Å². The molecule has 0 aliphatic carbocycles. The topological polar surface area (TPSA) is 70.7 Å². The molecular weight excluding hydrogens is 325 g/mol. The fourth-order valence-electron chi connectivity index (χ4n) is 2.76. The van der Waals surface area contributed by atoms with Crippen LogP contribution in [-0.2, 0) is 4.79 Å². The predicted octanol–water partition coefficient (Wildman–Crippen LogP) is 2.76. The molecule has 2 aromatic rings. The van der Waals surface area contributed by atoms with Crippen LogP contribution < -0.4 is 20.3 Å². The Morgan fingerprint density at radius 1 is 1.20 bits per heavy atom. The third kappa shape index (κ3) is 3.71. The summed E-state index contributed by atoms with van der Waals surface area (Å²) in [6, 6.07) is 11.6. The van der Waals surface area contributed by atoms with Gasteiger partial charge in [0.25, 0.3) is 0 Å². The maximum absolute atomic E-state index is 13.0. The van der Waals surface area contributed by atoms with E-state index in [0.717, 1.165) is 0 Å². The van der Waals surface area contributed by atoms with E-state index in [0.29, 0.717) is 30.1 Å². The maximum Gasteiger partial charge on any atom is 0.319 e. The summed E-state index contributed by atoms with van der Waals surface area (Å²) >= 11 is 0. The number of ether oxygens (including phenoxy) is 1. The largest absolute Gasteiger partial charge is 0.495 e. The van der Waals surface area contributed by atoms with E-state index in [1.807, 2.05) is 0 Å². The summed E-state index contributed by atoms with van der Waals surface area (Å²) in [5.74, 6) is -0.0496. The Hall–Kier alpha value is -3.09. The van der Waals surface area contributed by atoms with Crippen LogP contribution in [0.25, 0.3) is 0 Å². The van der Waals surface area contributed by atoms with Crippen LogP contribution in [0.15, 0.2) is 48.5 Å². The smallest absolute Gasteiger partial charge is 0.319 e. The van der Waals surface area contributed by atoms with E-state index in [9.17, 15) is 14.0 Å². The minimum absolute atomic E-state index is 0.221. The Kier molecular flexibility index (Phi) is 4.83. The number of rotatable bonds is 4. The van der Waals surface area contributed by atoms with Gasteiger partial charge in [0.2, 0.25) is 5.91 Å². The number of benzene rings is 2. The van der Waals surface area contributed by atoms with Crippen LogP contribution in [0.4, 0.5) is 20.6 Å². The van der Waals surface area contributed by atoms with E-state index in [-0.39, 0.29) is 11.7 Å². The highest BCUT2D eigenvalue weighted by Crippen LogP contribution is 2.24. The molecule has 3 rings (SSSR count). The van der Waals surface area contributed by atoms with Crippen LogP contribution >= 0.6 is 0 Å². The zero-order valence-corrected chi connectivity index (χ0v) is 13.7. The van der Waals surface area contributed by atoms with Crippen molar-refractivity contribution in [2.75, 3.05) is 23.9 Å². The highest BCUT2D eigenvalue weighted by Gasteiger charge is 2.33. The molecule has 1 aliphatic rings. The molecule has 1 fully saturated rings. The van der Waals surface area contributed by atoms with Gasteiger partial charge in [-0.05, 0) is 42.8 Å².